The number of esters is 1. The van der Waals surface area contributed by atoms with Gasteiger partial charge in [0.1, 0.15) is 5.92 Å². The van der Waals surface area contributed by atoms with Gasteiger partial charge in [-0.05, 0) is 12.1 Å². The van der Waals surface area contributed by atoms with Crippen molar-refractivity contribution in [3.05, 3.63) is 29.8 Å². The molecule has 0 aliphatic carbocycles. The van der Waals surface area contributed by atoms with Crippen molar-refractivity contribution < 1.29 is 14.3 Å². The van der Waals surface area contributed by atoms with Gasteiger partial charge in [0.15, 0.2) is 5.78 Å². The number of methoxy groups -OCH3 is 1. The minimum atomic E-state index is -0.718. The van der Waals surface area contributed by atoms with Crippen molar-refractivity contribution in [3.63, 3.8) is 0 Å². The number of nitrogens with one attached hydrogen (secondary N) is 1. The number of ether oxygens (including phenoxy) is 1. The van der Waals surface area contributed by atoms with Crippen molar-refractivity contribution in [1.29, 1.82) is 0 Å². The molecule has 0 amide bonds. The van der Waals surface area contributed by atoms with Crippen molar-refractivity contribution in [2.75, 3.05) is 19.0 Å². The number of carbonyl (C=O) groups is 2. The summed E-state index contributed by atoms with van der Waals surface area (Å²) in [5, 5.41) is 3.04. The van der Waals surface area contributed by atoms with Crippen LogP contribution in [0.3, 0.4) is 0 Å². The average molecular weight is 205 g/mol. The summed E-state index contributed by atoms with van der Waals surface area (Å²) in [7, 11) is 1.29. The zero-order valence-electron chi connectivity index (χ0n) is 8.32. The molecule has 1 N–H and O–H groups in total. The van der Waals surface area contributed by atoms with Crippen LogP contribution in [0.2, 0.25) is 0 Å². The van der Waals surface area contributed by atoms with E-state index in [-0.39, 0.29) is 5.78 Å². The molecule has 1 aliphatic heterocycles. The predicted octanol–water partition coefficient (Wildman–Crippen LogP) is 1.08. The van der Waals surface area contributed by atoms with Crippen molar-refractivity contribution >= 4 is 17.4 Å². The number of fused-ring (bicyclic) bond motifs is 1. The number of hydrogen-bond donors (Lipinski definition) is 1. The highest BCUT2D eigenvalue weighted by atomic mass is 16.5. The lowest BCUT2D eigenvalue weighted by Crippen LogP contribution is -2.36. The number of hydrogen-bond acceptors (Lipinski definition) is 4. The first kappa shape index (κ1) is 9.71. The smallest absolute Gasteiger partial charge is 0.318 e. The number of ketones is 1. The summed E-state index contributed by atoms with van der Waals surface area (Å²) in [4.78, 5) is 23.2. The first-order chi connectivity index (χ1) is 7.24. The van der Waals surface area contributed by atoms with Gasteiger partial charge in [-0.25, -0.2) is 0 Å². The maximum atomic E-state index is 11.9. The Morgan fingerprint density at radius 2 is 2.20 bits per heavy atom. The van der Waals surface area contributed by atoms with Crippen LogP contribution in [-0.2, 0) is 9.53 Å². The highest BCUT2D eigenvalue weighted by Gasteiger charge is 2.33. The van der Waals surface area contributed by atoms with E-state index in [0.29, 0.717) is 12.1 Å². The minimum Gasteiger partial charge on any atom is -0.468 e. The molecule has 1 heterocycles. The molecule has 1 aromatic rings. The first-order valence-corrected chi connectivity index (χ1v) is 4.69. The van der Waals surface area contributed by atoms with Crippen LogP contribution in [0.15, 0.2) is 24.3 Å². The van der Waals surface area contributed by atoms with E-state index < -0.39 is 11.9 Å². The Bertz CT molecular complexity index is 414. The molecule has 0 aromatic heterocycles. The van der Waals surface area contributed by atoms with Gasteiger partial charge < -0.3 is 10.1 Å². The van der Waals surface area contributed by atoms with Crippen LogP contribution in [0.25, 0.3) is 0 Å². The van der Waals surface area contributed by atoms with E-state index in [1.807, 2.05) is 12.1 Å². The molecule has 0 radical (unpaired) electrons. The number of anilines is 1. The zero-order chi connectivity index (χ0) is 10.8. The average Bonchev–Trinajstić information content (AvgIpc) is 2.29. The van der Waals surface area contributed by atoms with Crippen LogP contribution in [0.4, 0.5) is 5.69 Å². The number of para-hydroxylation sites is 1. The molecule has 4 nitrogen and oxygen atoms in total. The van der Waals surface area contributed by atoms with E-state index in [9.17, 15) is 9.59 Å². The summed E-state index contributed by atoms with van der Waals surface area (Å²) in [6.45, 7) is 0.308. The molecule has 0 fully saturated rings. The van der Waals surface area contributed by atoms with E-state index in [1.54, 1.807) is 12.1 Å². The second-order valence-corrected chi connectivity index (χ2v) is 3.37. The highest BCUT2D eigenvalue weighted by molar-refractivity contribution is 6.13. The van der Waals surface area contributed by atoms with E-state index in [1.165, 1.54) is 7.11 Å². The molecule has 2 rings (SSSR count). The molecule has 78 valence electrons. The second-order valence-electron chi connectivity index (χ2n) is 3.37. The monoisotopic (exact) mass is 205 g/mol. The zero-order valence-corrected chi connectivity index (χ0v) is 8.32. The second kappa shape index (κ2) is 3.73. The Balaban J connectivity index is 2.34. The summed E-state index contributed by atoms with van der Waals surface area (Å²) in [6.07, 6.45) is 0. The summed E-state index contributed by atoms with van der Waals surface area (Å²) in [5.74, 6) is -1.37. The van der Waals surface area contributed by atoms with E-state index in [4.69, 9.17) is 0 Å². The topological polar surface area (TPSA) is 55.4 Å². The Labute approximate surface area is 87.2 Å². The van der Waals surface area contributed by atoms with Gasteiger partial charge in [0, 0.05) is 17.8 Å². The van der Waals surface area contributed by atoms with Crippen molar-refractivity contribution in [3.8, 4) is 0 Å². The van der Waals surface area contributed by atoms with Crippen LogP contribution in [0.5, 0.6) is 0 Å². The van der Waals surface area contributed by atoms with Crippen molar-refractivity contribution in [1.82, 2.24) is 0 Å². The maximum absolute atomic E-state index is 11.9. The molecule has 0 bridgehead atoms. The van der Waals surface area contributed by atoms with Gasteiger partial charge in [0.25, 0.3) is 0 Å². The molecule has 1 aromatic carbocycles. The normalized spacial score (nSPS) is 19.0. The lowest BCUT2D eigenvalue weighted by Gasteiger charge is -2.22. The quantitative estimate of drug-likeness (QED) is 0.550. The Morgan fingerprint density at radius 3 is 2.93 bits per heavy atom. The Hall–Kier alpha value is -1.84. The molecular formula is C11H11NO3. The van der Waals surface area contributed by atoms with Gasteiger partial charge in [-0.3, -0.25) is 9.59 Å². The molecule has 15 heavy (non-hydrogen) atoms. The van der Waals surface area contributed by atoms with Gasteiger partial charge >= 0.3 is 5.97 Å². The van der Waals surface area contributed by atoms with E-state index >= 15 is 0 Å². The molecular weight excluding hydrogens is 194 g/mol. The van der Waals surface area contributed by atoms with Gasteiger partial charge in [-0.1, -0.05) is 12.1 Å². The standard InChI is InChI=1S/C11H11NO3/c1-15-11(14)8-6-12-9-5-3-2-4-7(9)10(8)13/h2-5,8,12H,6H2,1H3/t8-/m0/s1. The van der Waals surface area contributed by atoms with Crippen molar-refractivity contribution in [2.45, 2.75) is 0 Å². The largest absolute Gasteiger partial charge is 0.468 e. The van der Waals surface area contributed by atoms with E-state index in [0.717, 1.165) is 5.69 Å². The first-order valence-electron chi connectivity index (χ1n) is 4.69. The van der Waals surface area contributed by atoms with Gasteiger partial charge in [-0.2, -0.15) is 0 Å². The summed E-state index contributed by atoms with van der Waals surface area (Å²) >= 11 is 0. The fourth-order valence-electron chi connectivity index (χ4n) is 1.68. The third-order valence-corrected chi connectivity index (χ3v) is 2.49. The molecule has 0 saturated carbocycles. The molecule has 1 aliphatic rings. The van der Waals surface area contributed by atoms with Gasteiger partial charge in [-0.15, -0.1) is 0 Å². The van der Waals surface area contributed by atoms with E-state index in [2.05, 4.69) is 10.1 Å². The molecule has 0 saturated heterocycles. The minimum absolute atomic E-state index is 0.170. The van der Waals surface area contributed by atoms with Crippen LogP contribution in [-0.4, -0.2) is 25.4 Å². The summed E-state index contributed by atoms with van der Waals surface area (Å²) in [6, 6.07) is 7.15. The van der Waals surface area contributed by atoms with Crippen LogP contribution in [0, 0.1) is 5.92 Å². The third-order valence-electron chi connectivity index (χ3n) is 2.49. The van der Waals surface area contributed by atoms with Crippen LogP contribution >= 0.6 is 0 Å². The fraction of sp³-hybridized carbons (Fsp3) is 0.273. The maximum Gasteiger partial charge on any atom is 0.318 e. The fourth-order valence-corrected chi connectivity index (χ4v) is 1.68. The van der Waals surface area contributed by atoms with Crippen molar-refractivity contribution in [2.24, 2.45) is 5.92 Å². The highest BCUT2D eigenvalue weighted by Crippen LogP contribution is 2.24. The third kappa shape index (κ3) is 1.58. The lowest BCUT2D eigenvalue weighted by atomic mass is 9.92. The lowest BCUT2D eigenvalue weighted by molar-refractivity contribution is -0.143. The Morgan fingerprint density at radius 1 is 1.47 bits per heavy atom. The van der Waals surface area contributed by atoms with Crippen LogP contribution in [0.1, 0.15) is 10.4 Å². The van der Waals surface area contributed by atoms with Crippen LogP contribution < -0.4 is 5.32 Å². The molecule has 1 atom stereocenters. The van der Waals surface area contributed by atoms with Gasteiger partial charge in [0.05, 0.1) is 7.11 Å². The SMILES string of the molecule is COC(=O)[C@H]1CNc2ccccc2C1=O. The van der Waals surface area contributed by atoms with Gasteiger partial charge in [0.2, 0.25) is 0 Å². The summed E-state index contributed by atoms with van der Waals surface area (Å²) < 4.78 is 4.58. The Kier molecular flexibility index (Phi) is 2.41. The number of rotatable bonds is 1. The number of benzene rings is 1. The molecule has 4 heteroatoms. The number of carbonyl (C=O) groups excluding carboxylic acids is 2. The molecule has 0 unspecified atom stereocenters. The number of Topliss-reactive ketones (excluding diaryl/α,β-unsaturated/α-hetero) is 1. The predicted molar refractivity (Wildman–Crippen MR) is 54.8 cm³/mol. The molecule has 0 spiro atoms. The summed E-state index contributed by atoms with van der Waals surface area (Å²) in [5.41, 5.74) is 1.34.